The molecule has 1 aromatic rings. The molecule has 0 aromatic carbocycles. The van der Waals surface area contributed by atoms with Crippen LogP contribution in [-0.2, 0) is 11.2 Å². The summed E-state index contributed by atoms with van der Waals surface area (Å²) in [5.74, 6) is 4.82. The van der Waals surface area contributed by atoms with E-state index in [1.165, 1.54) is 5.56 Å². The van der Waals surface area contributed by atoms with Crippen molar-refractivity contribution in [3.63, 3.8) is 0 Å². The predicted molar refractivity (Wildman–Crippen MR) is 46.1 cm³/mol. The summed E-state index contributed by atoms with van der Waals surface area (Å²) in [7, 11) is 0. The molecule has 0 atom stereocenters. The standard InChI is InChI=1S/C8H13N3O/c9-11-8(12)3-1-2-7-4-5-10-6-7/h4-6,10H,1-3,9H2,(H,11,12). The number of aromatic nitrogens is 1. The Kier molecular flexibility index (Phi) is 3.35. The molecule has 0 aliphatic rings. The number of hydrazine groups is 1. The first-order chi connectivity index (χ1) is 5.83. The maximum absolute atomic E-state index is 10.7. The lowest BCUT2D eigenvalue weighted by Gasteiger charge is -1.97. The van der Waals surface area contributed by atoms with Gasteiger partial charge in [-0.25, -0.2) is 5.84 Å². The zero-order chi connectivity index (χ0) is 8.81. The highest BCUT2D eigenvalue weighted by Crippen LogP contribution is 2.02. The number of carbonyl (C=O) groups excluding carboxylic acids is 1. The van der Waals surface area contributed by atoms with Crippen LogP contribution in [-0.4, -0.2) is 10.9 Å². The van der Waals surface area contributed by atoms with Crippen molar-refractivity contribution in [2.24, 2.45) is 5.84 Å². The van der Waals surface area contributed by atoms with E-state index in [0.29, 0.717) is 6.42 Å². The Morgan fingerprint density at radius 1 is 1.67 bits per heavy atom. The second kappa shape index (κ2) is 4.56. The number of H-pyrrole nitrogens is 1. The van der Waals surface area contributed by atoms with E-state index in [2.05, 4.69) is 10.4 Å². The minimum atomic E-state index is -0.106. The third kappa shape index (κ3) is 2.75. The number of aryl methyl sites for hydroxylation is 1. The molecule has 1 amide bonds. The lowest BCUT2D eigenvalue weighted by Crippen LogP contribution is -2.29. The Bertz CT molecular complexity index is 230. The van der Waals surface area contributed by atoms with Crippen molar-refractivity contribution in [2.75, 3.05) is 0 Å². The minimum absolute atomic E-state index is 0.106. The molecule has 1 aromatic heterocycles. The first kappa shape index (κ1) is 8.80. The second-order valence-electron chi connectivity index (χ2n) is 2.64. The van der Waals surface area contributed by atoms with Crippen molar-refractivity contribution in [1.29, 1.82) is 0 Å². The van der Waals surface area contributed by atoms with Crippen molar-refractivity contribution in [2.45, 2.75) is 19.3 Å². The second-order valence-corrected chi connectivity index (χ2v) is 2.64. The van der Waals surface area contributed by atoms with E-state index in [-0.39, 0.29) is 5.91 Å². The zero-order valence-corrected chi connectivity index (χ0v) is 6.84. The van der Waals surface area contributed by atoms with Crippen molar-refractivity contribution in [3.05, 3.63) is 24.0 Å². The van der Waals surface area contributed by atoms with Gasteiger partial charge in [-0.05, 0) is 24.5 Å². The average Bonchev–Trinajstić information content (AvgIpc) is 2.57. The third-order valence-electron chi connectivity index (χ3n) is 1.69. The van der Waals surface area contributed by atoms with Crippen molar-refractivity contribution in [1.82, 2.24) is 10.4 Å². The Morgan fingerprint density at radius 3 is 3.08 bits per heavy atom. The van der Waals surface area contributed by atoms with E-state index in [0.717, 1.165) is 12.8 Å². The molecular formula is C8H13N3O. The van der Waals surface area contributed by atoms with Gasteiger partial charge in [-0.1, -0.05) is 0 Å². The van der Waals surface area contributed by atoms with Gasteiger partial charge in [0.1, 0.15) is 0 Å². The highest BCUT2D eigenvalue weighted by Gasteiger charge is 1.98. The minimum Gasteiger partial charge on any atom is -0.367 e. The van der Waals surface area contributed by atoms with Crippen LogP contribution in [0.3, 0.4) is 0 Å². The topological polar surface area (TPSA) is 70.9 Å². The van der Waals surface area contributed by atoms with Gasteiger partial charge >= 0.3 is 0 Å². The summed E-state index contributed by atoms with van der Waals surface area (Å²) in [5.41, 5.74) is 3.32. The van der Waals surface area contributed by atoms with Gasteiger partial charge in [0.25, 0.3) is 0 Å². The highest BCUT2D eigenvalue weighted by molar-refractivity contribution is 5.75. The molecule has 66 valence electrons. The van der Waals surface area contributed by atoms with Crippen LogP contribution in [0.4, 0.5) is 0 Å². The number of hydrogen-bond donors (Lipinski definition) is 3. The number of hydrogen-bond acceptors (Lipinski definition) is 2. The quantitative estimate of drug-likeness (QED) is 0.343. The number of nitrogens with two attached hydrogens (primary N) is 1. The molecule has 0 aliphatic heterocycles. The van der Waals surface area contributed by atoms with E-state index in [1.807, 2.05) is 18.5 Å². The highest BCUT2D eigenvalue weighted by atomic mass is 16.2. The van der Waals surface area contributed by atoms with E-state index in [9.17, 15) is 4.79 Å². The molecule has 4 heteroatoms. The summed E-state index contributed by atoms with van der Waals surface area (Å²) in [5, 5.41) is 0. The molecule has 0 spiro atoms. The Labute approximate surface area is 71.1 Å². The van der Waals surface area contributed by atoms with Crippen LogP contribution < -0.4 is 11.3 Å². The van der Waals surface area contributed by atoms with Gasteiger partial charge in [-0.2, -0.15) is 0 Å². The largest absolute Gasteiger partial charge is 0.367 e. The summed E-state index contributed by atoms with van der Waals surface area (Å²) in [4.78, 5) is 13.7. The summed E-state index contributed by atoms with van der Waals surface area (Å²) in [6, 6.07) is 2.00. The molecule has 1 heterocycles. The maximum atomic E-state index is 10.7. The van der Waals surface area contributed by atoms with E-state index >= 15 is 0 Å². The molecule has 4 N–H and O–H groups in total. The Balaban J connectivity index is 2.15. The van der Waals surface area contributed by atoms with Crippen LogP contribution in [0.5, 0.6) is 0 Å². The van der Waals surface area contributed by atoms with Crippen molar-refractivity contribution < 1.29 is 4.79 Å². The first-order valence-electron chi connectivity index (χ1n) is 3.94. The first-order valence-corrected chi connectivity index (χ1v) is 3.94. The van der Waals surface area contributed by atoms with Crippen LogP contribution in [0.1, 0.15) is 18.4 Å². The molecule has 0 radical (unpaired) electrons. The van der Waals surface area contributed by atoms with Crippen LogP contribution in [0.25, 0.3) is 0 Å². The van der Waals surface area contributed by atoms with E-state index < -0.39 is 0 Å². The summed E-state index contributed by atoms with van der Waals surface area (Å²) in [6.45, 7) is 0. The SMILES string of the molecule is NNC(=O)CCCc1cc[nH]c1. The average molecular weight is 167 g/mol. The fourth-order valence-corrected chi connectivity index (χ4v) is 1.04. The summed E-state index contributed by atoms with van der Waals surface area (Å²) >= 11 is 0. The molecule has 12 heavy (non-hydrogen) atoms. The van der Waals surface area contributed by atoms with Gasteiger partial charge in [-0.3, -0.25) is 10.2 Å². The molecule has 0 saturated heterocycles. The van der Waals surface area contributed by atoms with Gasteiger partial charge in [0.05, 0.1) is 0 Å². The number of carbonyl (C=O) groups is 1. The molecule has 0 unspecified atom stereocenters. The Morgan fingerprint density at radius 2 is 2.50 bits per heavy atom. The number of amides is 1. The van der Waals surface area contributed by atoms with E-state index in [4.69, 9.17) is 5.84 Å². The molecule has 4 nitrogen and oxygen atoms in total. The molecule has 0 saturated carbocycles. The van der Waals surface area contributed by atoms with Crippen LogP contribution in [0.15, 0.2) is 18.5 Å². The molecule has 0 fully saturated rings. The monoisotopic (exact) mass is 167 g/mol. The summed E-state index contributed by atoms with van der Waals surface area (Å²) in [6.07, 6.45) is 6.04. The lowest BCUT2D eigenvalue weighted by molar-refractivity contribution is -0.121. The van der Waals surface area contributed by atoms with Gasteiger partial charge in [0.15, 0.2) is 0 Å². The van der Waals surface area contributed by atoms with Crippen LogP contribution in [0.2, 0.25) is 0 Å². The van der Waals surface area contributed by atoms with Gasteiger partial charge in [-0.15, -0.1) is 0 Å². The molecule has 0 bridgehead atoms. The Hall–Kier alpha value is -1.29. The fourth-order valence-electron chi connectivity index (χ4n) is 1.04. The van der Waals surface area contributed by atoms with E-state index in [1.54, 1.807) is 0 Å². The normalized spacial score (nSPS) is 9.75. The predicted octanol–water partition coefficient (Wildman–Crippen LogP) is 0.327. The smallest absolute Gasteiger partial charge is 0.233 e. The molecular weight excluding hydrogens is 154 g/mol. The zero-order valence-electron chi connectivity index (χ0n) is 6.84. The van der Waals surface area contributed by atoms with Gasteiger partial charge in [0, 0.05) is 18.8 Å². The molecule has 1 rings (SSSR count). The molecule has 0 aliphatic carbocycles. The summed E-state index contributed by atoms with van der Waals surface area (Å²) < 4.78 is 0. The van der Waals surface area contributed by atoms with Crippen molar-refractivity contribution in [3.8, 4) is 0 Å². The van der Waals surface area contributed by atoms with Gasteiger partial charge < -0.3 is 4.98 Å². The van der Waals surface area contributed by atoms with Gasteiger partial charge in [0.2, 0.25) is 5.91 Å². The van der Waals surface area contributed by atoms with Crippen LogP contribution in [0, 0.1) is 0 Å². The fraction of sp³-hybridized carbons (Fsp3) is 0.375. The third-order valence-corrected chi connectivity index (χ3v) is 1.69. The van der Waals surface area contributed by atoms with Crippen LogP contribution >= 0.6 is 0 Å². The number of nitrogens with one attached hydrogen (secondary N) is 2. The number of rotatable bonds is 4. The maximum Gasteiger partial charge on any atom is 0.233 e. The number of aromatic amines is 1. The van der Waals surface area contributed by atoms with Crippen molar-refractivity contribution >= 4 is 5.91 Å². The lowest BCUT2D eigenvalue weighted by atomic mass is 10.1.